The number of anilines is 1. The van der Waals surface area contributed by atoms with Crippen LogP contribution in [0.4, 0.5) is 5.82 Å². The number of hydrogen-bond donors (Lipinski definition) is 1. The summed E-state index contributed by atoms with van der Waals surface area (Å²) < 4.78 is 17.6. The predicted molar refractivity (Wildman–Crippen MR) is 106 cm³/mol. The molecule has 2 heterocycles. The van der Waals surface area contributed by atoms with Crippen LogP contribution < -0.4 is 19.5 Å². The van der Waals surface area contributed by atoms with E-state index < -0.39 is 0 Å². The molecule has 1 N–H and O–H groups in total. The lowest BCUT2D eigenvalue weighted by atomic mass is 10.1. The van der Waals surface area contributed by atoms with Crippen molar-refractivity contribution in [2.75, 3.05) is 26.6 Å². The van der Waals surface area contributed by atoms with Crippen LogP contribution in [0.25, 0.3) is 5.65 Å². The van der Waals surface area contributed by atoms with Crippen LogP contribution in [0.15, 0.2) is 30.5 Å². The lowest BCUT2D eigenvalue weighted by Gasteiger charge is -2.15. The Balaban J connectivity index is 2.00. The highest BCUT2D eigenvalue weighted by Crippen LogP contribution is 2.36. The van der Waals surface area contributed by atoms with Gasteiger partial charge in [0.05, 0.1) is 33.1 Å². The van der Waals surface area contributed by atoms with E-state index in [1.54, 1.807) is 28.9 Å². The Morgan fingerprint density at radius 3 is 2.64 bits per heavy atom. The van der Waals surface area contributed by atoms with Gasteiger partial charge in [-0.3, -0.25) is 4.79 Å². The molecule has 0 bridgehead atoms. The van der Waals surface area contributed by atoms with E-state index in [1.807, 2.05) is 6.07 Å². The van der Waals surface area contributed by atoms with E-state index >= 15 is 0 Å². The number of nitrogens with zero attached hydrogens (tertiary/aromatic N) is 3. The van der Waals surface area contributed by atoms with Gasteiger partial charge in [-0.05, 0) is 18.9 Å². The lowest BCUT2D eigenvalue weighted by Crippen LogP contribution is -2.17. The Labute approximate surface area is 163 Å². The molecule has 0 saturated carbocycles. The van der Waals surface area contributed by atoms with E-state index in [9.17, 15) is 4.79 Å². The Kier molecular flexibility index (Phi) is 5.98. The zero-order valence-electron chi connectivity index (χ0n) is 16.5. The van der Waals surface area contributed by atoms with Crippen molar-refractivity contribution in [1.82, 2.24) is 14.6 Å². The van der Waals surface area contributed by atoms with Crippen molar-refractivity contribution in [2.45, 2.75) is 26.2 Å². The Morgan fingerprint density at radius 2 is 1.96 bits per heavy atom. The van der Waals surface area contributed by atoms with Crippen molar-refractivity contribution in [2.24, 2.45) is 0 Å². The number of fused-ring (bicyclic) bond motifs is 1. The summed E-state index contributed by atoms with van der Waals surface area (Å²) in [6.07, 6.45) is 4.56. The molecule has 3 aromatic rings. The van der Waals surface area contributed by atoms with Crippen molar-refractivity contribution in [3.63, 3.8) is 0 Å². The molecule has 1 aromatic carbocycles. The molecule has 0 aliphatic rings. The summed E-state index contributed by atoms with van der Waals surface area (Å²) in [5, 5.41) is 7.17. The molecular formula is C20H24N4O4. The molecule has 0 fully saturated rings. The molecule has 1 amide bonds. The average Bonchev–Trinajstić information content (AvgIpc) is 3.19. The van der Waals surface area contributed by atoms with E-state index in [0.717, 1.165) is 25.0 Å². The van der Waals surface area contributed by atoms with Crippen molar-refractivity contribution < 1.29 is 19.0 Å². The first kappa shape index (κ1) is 19.5. The quantitative estimate of drug-likeness (QED) is 0.641. The van der Waals surface area contributed by atoms with Gasteiger partial charge in [-0.2, -0.15) is 9.61 Å². The number of amides is 1. The number of ether oxygens (including phenoxy) is 3. The van der Waals surface area contributed by atoms with Gasteiger partial charge in [-0.25, -0.2) is 4.98 Å². The number of methoxy groups -OCH3 is 3. The number of benzene rings is 1. The smallest absolute Gasteiger partial charge is 0.260 e. The fraction of sp³-hybridized carbons (Fsp3) is 0.350. The number of carbonyl (C=O) groups excluding carboxylic acids is 1. The monoisotopic (exact) mass is 384 g/mol. The highest BCUT2D eigenvalue weighted by molar-refractivity contribution is 6.06. The third kappa shape index (κ3) is 3.85. The van der Waals surface area contributed by atoms with E-state index in [1.165, 1.54) is 21.3 Å². The van der Waals surface area contributed by atoms with Gasteiger partial charge in [0.25, 0.3) is 5.91 Å². The Hall–Kier alpha value is -3.29. The minimum Gasteiger partial charge on any atom is -0.497 e. The molecule has 0 atom stereocenters. The fourth-order valence-corrected chi connectivity index (χ4v) is 2.95. The molecule has 8 heteroatoms. The molecule has 0 aliphatic carbocycles. The van der Waals surface area contributed by atoms with Crippen LogP contribution >= 0.6 is 0 Å². The molecule has 8 nitrogen and oxygen atoms in total. The maximum absolute atomic E-state index is 13.1. The summed E-state index contributed by atoms with van der Waals surface area (Å²) in [4.78, 5) is 17.6. The van der Waals surface area contributed by atoms with Crippen LogP contribution in [0.5, 0.6) is 17.2 Å². The first-order chi connectivity index (χ1) is 13.6. The van der Waals surface area contributed by atoms with Crippen LogP contribution in [-0.4, -0.2) is 41.8 Å². The largest absolute Gasteiger partial charge is 0.497 e. The number of rotatable bonds is 8. The van der Waals surface area contributed by atoms with Crippen LogP contribution in [0.2, 0.25) is 0 Å². The molecule has 0 aliphatic heterocycles. The van der Waals surface area contributed by atoms with E-state index in [4.69, 9.17) is 14.2 Å². The van der Waals surface area contributed by atoms with Gasteiger partial charge in [0.1, 0.15) is 11.6 Å². The van der Waals surface area contributed by atoms with Crippen LogP contribution in [-0.2, 0) is 6.42 Å². The van der Waals surface area contributed by atoms with Gasteiger partial charge in [0.2, 0.25) is 0 Å². The van der Waals surface area contributed by atoms with Gasteiger partial charge in [-0.1, -0.05) is 13.3 Å². The third-order valence-corrected chi connectivity index (χ3v) is 4.37. The first-order valence-electron chi connectivity index (χ1n) is 9.06. The minimum absolute atomic E-state index is 0.297. The van der Waals surface area contributed by atoms with Crippen molar-refractivity contribution in [3.05, 3.63) is 41.7 Å². The second-order valence-corrected chi connectivity index (χ2v) is 6.20. The summed E-state index contributed by atoms with van der Waals surface area (Å²) in [7, 11) is 4.52. The zero-order chi connectivity index (χ0) is 20.1. The molecule has 0 spiro atoms. The van der Waals surface area contributed by atoms with E-state index in [-0.39, 0.29) is 5.91 Å². The summed E-state index contributed by atoms with van der Waals surface area (Å²) in [5.74, 6) is 1.41. The number of unbranched alkanes of at least 4 members (excludes halogenated alkanes) is 1. The van der Waals surface area contributed by atoms with Gasteiger partial charge >= 0.3 is 0 Å². The fourth-order valence-electron chi connectivity index (χ4n) is 2.95. The second-order valence-electron chi connectivity index (χ2n) is 6.20. The van der Waals surface area contributed by atoms with Crippen molar-refractivity contribution >= 4 is 17.4 Å². The molecule has 2 aromatic heterocycles. The molecule has 0 saturated heterocycles. The van der Waals surface area contributed by atoms with Gasteiger partial charge in [0, 0.05) is 23.9 Å². The minimum atomic E-state index is -0.363. The number of hydrogen-bond acceptors (Lipinski definition) is 6. The highest BCUT2D eigenvalue weighted by Gasteiger charge is 2.20. The zero-order valence-corrected chi connectivity index (χ0v) is 16.5. The number of carbonyl (C=O) groups is 1. The maximum Gasteiger partial charge on any atom is 0.260 e. The van der Waals surface area contributed by atoms with Crippen LogP contribution in [0.3, 0.4) is 0 Å². The summed E-state index contributed by atoms with van der Waals surface area (Å²) in [5.41, 5.74) is 1.88. The maximum atomic E-state index is 13.1. The molecule has 0 radical (unpaired) electrons. The standard InChI is InChI=1S/C20H24N4O4/c1-5-6-7-13-10-18(24-17(22-13)8-9-21-24)23-20(25)15-11-14(26-2)12-16(27-3)19(15)28-4/h8-12H,5-7H2,1-4H3,(H,23,25). The third-order valence-electron chi connectivity index (χ3n) is 4.37. The van der Waals surface area contributed by atoms with E-state index in [0.29, 0.717) is 34.3 Å². The predicted octanol–water partition coefficient (Wildman–Crippen LogP) is 3.35. The van der Waals surface area contributed by atoms with Gasteiger partial charge < -0.3 is 19.5 Å². The SMILES string of the molecule is CCCCc1cc(NC(=O)c2cc(OC)cc(OC)c2OC)n2nccc2n1. The number of aromatic nitrogens is 3. The van der Waals surface area contributed by atoms with Crippen molar-refractivity contribution in [1.29, 1.82) is 0 Å². The summed E-state index contributed by atoms with van der Waals surface area (Å²) in [6, 6.07) is 6.92. The van der Waals surface area contributed by atoms with E-state index in [2.05, 4.69) is 22.3 Å². The Bertz CT molecular complexity index is 984. The average molecular weight is 384 g/mol. The summed E-state index contributed by atoms with van der Waals surface area (Å²) in [6.45, 7) is 2.13. The molecule has 0 unspecified atom stereocenters. The molecule has 3 rings (SSSR count). The summed E-state index contributed by atoms with van der Waals surface area (Å²) >= 11 is 0. The topological polar surface area (TPSA) is 87.0 Å². The Morgan fingerprint density at radius 1 is 1.14 bits per heavy atom. The molecular weight excluding hydrogens is 360 g/mol. The molecule has 28 heavy (non-hydrogen) atoms. The first-order valence-corrected chi connectivity index (χ1v) is 9.06. The number of nitrogens with one attached hydrogen (secondary N) is 1. The van der Waals surface area contributed by atoms with Crippen LogP contribution in [0.1, 0.15) is 35.8 Å². The number of aryl methyl sites for hydroxylation is 1. The van der Waals surface area contributed by atoms with Gasteiger partial charge in [0.15, 0.2) is 17.1 Å². The van der Waals surface area contributed by atoms with Crippen molar-refractivity contribution in [3.8, 4) is 17.2 Å². The highest BCUT2D eigenvalue weighted by atomic mass is 16.5. The van der Waals surface area contributed by atoms with Crippen LogP contribution in [0, 0.1) is 0 Å². The second kappa shape index (κ2) is 8.60. The molecule has 148 valence electrons. The van der Waals surface area contributed by atoms with Gasteiger partial charge in [-0.15, -0.1) is 0 Å². The lowest BCUT2D eigenvalue weighted by molar-refractivity contribution is 0.102. The normalized spacial score (nSPS) is 10.7.